The zero-order chi connectivity index (χ0) is 43.1. The molecular formula is C47H62N4O9S. The molecule has 2 bridgehead atoms. The second-order valence-corrected chi connectivity index (χ2v) is 19.9. The Kier molecular flexibility index (Phi) is 11.0. The maximum absolute atomic E-state index is 15.4. The van der Waals surface area contributed by atoms with Gasteiger partial charge in [0.25, 0.3) is 0 Å². The standard InChI is InChI=1S/C47H62N4O9S/c1-6-43(56)23-30-24-46(42(55)59-5,38-32(13-17-49(25-30)26-43)31-11-8-9-12-35(31)48-38)34-21-33-36(22-37(34)58-4)51(28-61-20-19-52)40-45(33)15-18-50-16-10-14-44(7-2,39(45)50)41(60-29(3)54)47(40,57)27-53/h8-12,14,21-22,27,30,34,37,39-41,48,52,56-57H,6-7,13,15-20,23-26,28H2,1-5H3/t30-,34?,37?,39-,40+,41+,43-,44+,45+,46-,47-/m0/s1. The number of likely N-dealkylation sites (tertiary alicyclic amines) is 1. The number of nitrogens with one attached hydrogen (secondary N) is 1. The highest BCUT2D eigenvalue weighted by molar-refractivity contribution is 7.99. The van der Waals surface area contributed by atoms with Gasteiger partial charge in [0.2, 0.25) is 0 Å². The molecular weight excluding hydrogens is 797 g/mol. The van der Waals surface area contributed by atoms with Gasteiger partial charge in [0.1, 0.15) is 11.5 Å². The maximum Gasteiger partial charge on any atom is 0.318 e. The van der Waals surface area contributed by atoms with Crippen LogP contribution in [0.15, 0.2) is 59.8 Å². The molecule has 330 valence electrons. The van der Waals surface area contributed by atoms with E-state index in [2.05, 4.69) is 56.1 Å². The molecule has 2 aliphatic carbocycles. The number of ether oxygens (including phenoxy) is 3. The van der Waals surface area contributed by atoms with Crippen LogP contribution in [0.25, 0.3) is 10.9 Å². The number of methoxy groups -OCH3 is 2. The van der Waals surface area contributed by atoms with Crippen molar-refractivity contribution in [2.45, 2.75) is 100 Å². The molecule has 1 aromatic heterocycles. The lowest BCUT2D eigenvalue weighted by molar-refractivity contribution is -0.227. The molecule has 6 heterocycles. The van der Waals surface area contributed by atoms with Crippen LogP contribution in [0.3, 0.4) is 0 Å². The topological polar surface area (TPSA) is 165 Å². The molecule has 12 atom stereocenters. The number of aromatic nitrogens is 1. The fraction of sp³-hybridized carbons (Fsp3) is 0.638. The number of thioether (sulfide) groups is 1. The molecule has 13 nitrogen and oxygen atoms in total. The van der Waals surface area contributed by atoms with Crippen molar-refractivity contribution in [1.82, 2.24) is 19.7 Å². The summed E-state index contributed by atoms with van der Waals surface area (Å²) in [7, 11) is 3.12. The van der Waals surface area contributed by atoms with Crippen LogP contribution in [0, 0.1) is 22.7 Å². The molecule has 14 heteroatoms. The van der Waals surface area contributed by atoms with E-state index in [0.717, 1.165) is 46.5 Å². The summed E-state index contributed by atoms with van der Waals surface area (Å²) < 4.78 is 18.7. The minimum absolute atomic E-state index is 0.0484. The van der Waals surface area contributed by atoms with E-state index in [9.17, 15) is 24.9 Å². The Morgan fingerprint density at radius 2 is 1.87 bits per heavy atom. The van der Waals surface area contributed by atoms with Crippen molar-refractivity contribution in [3.05, 3.63) is 71.1 Å². The Hall–Kier alpha value is -3.50. The van der Waals surface area contributed by atoms with Gasteiger partial charge >= 0.3 is 11.9 Å². The van der Waals surface area contributed by atoms with E-state index in [0.29, 0.717) is 76.1 Å². The third-order valence-corrected chi connectivity index (χ3v) is 17.0. The van der Waals surface area contributed by atoms with E-state index < -0.39 is 57.6 Å². The number of rotatable bonds is 11. The first kappa shape index (κ1) is 42.8. The number of nitrogens with zero attached hydrogens (tertiary/aromatic N) is 3. The Morgan fingerprint density at radius 3 is 2.57 bits per heavy atom. The minimum Gasteiger partial charge on any atom is -0.468 e. The van der Waals surface area contributed by atoms with Crippen molar-refractivity contribution in [2.24, 2.45) is 22.7 Å². The van der Waals surface area contributed by atoms with E-state index in [1.165, 1.54) is 25.8 Å². The summed E-state index contributed by atoms with van der Waals surface area (Å²) in [6.07, 6.45) is 10.5. The normalized spacial score (nSPS) is 40.1. The maximum atomic E-state index is 15.4. The molecule has 3 unspecified atom stereocenters. The summed E-state index contributed by atoms with van der Waals surface area (Å²) in [6, 6.07) is 7.05. The van der Waals surface area contributed by atoms with Crippen molar-refractivity contribution in [2.75, 3.05) is 65.2 Å². The van der Waals surface area contributed by atoms with Crippen LogP contribution in [0.5, 0.6) is 0 Å². The van der Waals surface area contributed by atoms with Gasteiger partial charge in [-0.3, -0.25) is 24.2 Å². The number of fused-ring (bicyclic) bond motifs is 6. The van der Waals surface area contributed by atoms with Crippen LogP contribution in [-0.4, -0.2) is 154 Å². The largest absolute Gasteiger partial charge is 0.468 e. The molecule has 3 saturated heterocycles. The van der Waals surface area contributed by atoms with Gasteiger partial charge in [-0.05, 0) is 74.3 Å². The number of aliphatic hydroxyl groups is 3. The highest BCUT2D eigenvalue weighted by Crippen LogP contribution is 2.70. The zero-order valence-corrected chi connectivity index (χ0v) is 36.9. The Morgan fingerprint density at radius 1 is 1.07 bits per heavy atom. The molecule has 2 aromatic rings. The lowest BCUT2D eigenvalue weighted by Gasteiger charge is -2.63. The fourth-order valence-corrected chi connectivity index (χ4v) is 14.7. The number of piperidine rings is 1. The first-order valence-corrected chi connectivity index (χ1v) is 23.3. The number of allylic oxidation sites excluding steroid dienone is 1. The number of esters is 2. The summed E-state index contributed by atoms with van der Waals surface area (Å²) in [5.41, 5.74) is -1.64. The average Bonchev–Trinajstić information content (AvgIpc) is 3.93. The summed E-state index contributed by atoms with van der Waals surface area (Å²) in [6.45, 7) is 8.69. The number of aldehydes is 1. The van der Waals surface area contributed by atoms with Crippen LogP contribution in [0.2, 0.25) is 0 Å². The fourth-order valence-electron chi connectivity index (χ4n) is 13.9. The number of H-pyrrole nitrogens is 1. The van der Waals surface area contributed by atoms with E-state index >= 15 is 4.79 Å². The SMILES string of the molecule is CC[C@]1(O)C[C@@H]2CN(CCc3c([nH]c4ccccc34)[C@@](C(=O)OC)(C3C=C4C(=CC3OC)N(CSCCO)[C@H]3[C@@](O)(C=O)[C@H](OC(C)=O)[C@]5(CC)C=CCN6CC[C@]43[C@@H]65)C2)C1. The lowest BCUT2D eigenvalue weighted by Crippen LogP contribution is -2.78. The van der Waals surface area contributed by atoms with Crippen molar-refractivity contribution in [3.63, 3.8) is 0 Å². The summed E-state index contributed by atoms with van der Waals surface area (Å²) in [5.74, 6) is -0.895. The molecule has 1 spiro atoms. The summed E-state index contributed by atoms with van der Waals surface area (Å²) in [4.78, 5) is 53.1. The smallest absolute Gasteiger partial charge is 0.318 e. The van der Waals surface area contributed by atoms with E-state index in [4.69, 9.17) is 14.2 Å². The number of carbonyl (C=O) groups excluding carboxylic acids is 3. The second-order valence-electron chi connectivity index (χ2n) is 18.9. The quantitative estimate of drug-likeness (QED) is 0.112. The predicted molar refractivity (Wildman–Crippen MR) is 231 cm³/mol. The third-order valence-electron chi connectivity index (χ3n) is 16.0. The van der Waals surface area contributed by atoms with Gasteiger partial charge < -0.3 is 39.4 Å². The minimum atomic E-state index is -2.15. The first-order chi connectivity index (χ1) is 29.3. The molecule has 4 N–H and O–H groups in total. The molecule has 5 aliphatic heterocycles. The average molecular weight is 859 g/mol. The van der Waals surface area contributed by atoms with E-state index in [-0.39, 0.29) is 24.5 Å². The Labute approximate surface area is 362 Å². The van der Waals surface area contributed by atoms with E-state index in [1.807, 2.05) is 26.0 Å². The zero-order valence-electron chi connectivity index (χ0n) is 36.1. The van der Waals surface area contributed by atoms with Gasteiger partial charge in [-0.15, -0.1) is 11.8 Å². The Bertz CT molecular complexity index is 2170. The monoisotopic (exact) mass is 858 g/mol. The van der Waals surface area contributed by atoms with Gasteiger partial charge in [0.15, 0.2) is 11.9 Å². The second kappa shape index (κ2) is 15.6. The number of aromatic amines is 1. The van der Waals surface area contributed by atoms with E-state index in [1.54, 1.807) is 7.11 Å². The molecule has 0 amide bonds. The number of hydrogen-bond acceptors (Lipinski definition) is 13. The summed E-state index contributed by atoms with van der Waals surface area (Å²) >= 11 is 1.50. The van der Waals surface area contributed by atoms with Crippen molar-refractivity contribution >= 4 is 40.9 Å². The van der Waals surface area contributed by atoms with Crippen molar-refractivity contribution < 1.29 is 43.9 Å². The van der Waals surface area contributed by atoms with Crippen LogP contribution >= 0.6 is 11.8 Å². The first-order valence-electron chi connectivity index (χ1n) is 22.2. The Balaban J connectivity index is 1.33. The lowest BCUT2D eigenvalue weighted by atomic mass is 9.47. The number of para-hydroxylation sites is 1. The molecule has 1 saturated carbocycles. The number of hydrogen-bond donors (Lipinski definition) is 4. The third kappa shape index (κ3) is 6.05. The highest BCUT2D eigenvalue weighted by atomic mass is 32.2. The predicted octanol–water partition coefficient (Wildman–Crippen LogP) is 3.71. The van der Waals surface area contributed by atoms with Crippen LogP contribution in [-0.2, 0) is 40.4 Å². The number of benzene rings is 1. The molecule has 0 radical (unpaired) electrons. The molecule has 9 rings (SSSR count). The van der Waals surface area contributed by atoms with Crippen molar-refractivity contribution in [1.29, 1.82) is 0 Å². The van der Waals surface area contributed by atoms with Crippen molar-refractivity contribution in [3.8, 4) is 0 Å². The molecule has 4 fully saturated rings. The highest BCUT2D eigenvalue weighted by Gasteiger charge is 2.79. The molecule has 61 heavy (non-hydrogen) atoms. The van der Waals surface area contributed by atoms with Gasteiger partial charge in [0.05, 0.1) is 37.3 Å². The van der Waals surface area contributed by atoms with Crippen LogP contribution in [0.4, 0.5) is 0 Å². The van der Waals surface area contributed by atoms with Gasteiger partial charge in [0, 0.05) is 91.0 Å². The molecule has 1 aromatic carbocycles. The van der Waals surface area contributed by atoms with Gasteiger partial charge in [-0.2, -0.15) is 0 Å². The number of aliphatic hydroxyl groups excluding tert-OH is 1. The summed E-state index contributed by atoms with van der Waals surface area (Å²) in [5, 5.41) is 36.3. The van der Waals surface area contributed by atoms with Crippen LogP contribution < -0.4 is 0 Å². The van der Waals surface area contributed by atoms with Crippen LogP contribution in [0.1, 0.15) is 64.1 Å². The molecule has 7 aliphatic rings. The number of carbonyl (C=O) groups is 3. The van der Waals surface area contributed by atoms with Gasteiger partial charge in [-0.25, -0.2) is 0 Å². The van der Waals surface area contributed by atoms with Gasteiger partial charge in [-0.1, -0.05) is 50.3 Å².